The van der Waals surface area contributed by atoms with Gasteiger partial charge in [-0.3, -0.25) is 0 Å². The minimum Gasteiger partial charge on any atom is -0.368 e. The number of nitrogens with one attached hydrogen (secondary N) is 1. The molecule has 0 radical (unpaired) electrons. The lowest BCUT2D eigenvalue weighted by molar-refractivity contribution is 0.344. The van der Waals surface area contributed by atoms with Crippen LogP contribution in [0.1, 0.15) is 32.1 Å². The van der Waals surface area contributed by atoms with Gasteiger partial charge in [0.15, 0.2) is 0 Å². The molecule has 5 heteroatoms. The maximum Gasteiger partial charge on any atom is 0.138 e. The molecule has 104 valence electrons. The van der Waals surface area contributed by atoms with Gasteiger partial charge >= 0.3 is 0 Å². The molecule has 0 aliphatic carbocycles. The second-order valence-electron chi connectivity index (χ2n) is 6.20. The van der Waals surface area contributed by atoms with Gasteiger partial charge in [0, 0.05) is 17.5 Å². The van der Waals surface area contributed by atoms with Gasteiger partial charge in [-0.15, -0.1) is 11.3 Å². The van der Waals surface area contributed by atoms with Gasteiger partial charge in [-0.2, -0.15) is 0 Å². The summed E-state index contributed by atoms with van der Waals surface area (Å²) < 4.78 is 0. The molecule has 0 amide bonds. The number of aryl methyl sites for hydroxylation is 1. The van der Waals surface area contributed by atoms with E-state index in [1.54, 1.807) is 17.7 Å². The first-order valence-electron chi connectivity index (χ1n) is 6.56. The van der Waals surface area contributed by atoms with Crippen molar-refractivity contribution in [2.45, 2.75) is 40.2 Å². The first-order valence-corrected chi connectivity index (χ1v) is 7.37. The van der Waals surface area contributed by atoms with Crippen LogP contribution >= 0.6 is 11.3 Å². The van der Waals surface area contributed by atoms with Gasteiger partial charge in [0.2, 0.25) is 0 Å². The van der Waals surface area contributed by atoms with Crippen LogP contribution in [0.5, 0.6) is 0 Å². The number of nitrogens with zero attached hydrogens (tertiary/aromatic N) is 2. The predicted octanol–water partition coefficient (Wildman–Crippen LogP) is 3.18. The number of hydrogen-bond acceptors (Lipinski definition) is 5. The van der Waals surface area contributed by atoms with E-state index in [1.807, 2.05) is 0 Å². The van der Waals surface area contributed by atoms with Crippen molar-refractivity contribution in [2.75, 3.05) is 11.9 Å². The van der Waals surface area contributed by atoms with Crippen LogP contribution in [0.2, 0.25) is 0 Å². The van der Waals surface area contributed by atoms with Crippen LogP contribution in [-0.4, -0.2) is 22.6 Å². The highest BCUT2D eigenvalue weighted by Crippen LogP contribution is 2.27. The maximum atomic E-state index is 6.15. The zero-order valence-electron chi connectivity index (χ0n) is 12.0. The molecule has 0 aliphatic rings. The molecule has 0 fully saturated rings. The highest BCUT2D eigenvalue weighted by atomic mass is 32.1. The number of hydrogen-bond donors (Lipinski definition) is 2. The van der Waals surface area contributed by atoms with Crippen molar-refractivity contribution in [1.82, 2.24) is 9.97 Å². The summed E-state index contributed by atoms with van der Waals surface area (Å²) >= 11 is 1.69. The standard InChI is InChI=1S/C14H22N4S/c1-9-5-11-12(17-8-18-13(11)19-9)16-7-10(15)6-14(2,3)4/h5,8,10H,6-7,15H2,1-4H3,(H,16,17,18). The summed E-state index contributed by atoms with van der Waals surface area (Å²) in [6, 6.07) is 2.25. The van der Waals surface area contributed by atoms with Gasteiger partial charge in [0.25, 0.3) is 0 Å². The number of thiophene rings is 1. The first kappa shape index (κ1) is 14.2. The molecule has 4 nitrogen and oxygen atoms in total. The quantitative estimate of drug-likeness (QED) is 0.901. The molecule has 2 aromatic rings. The fourth-order valence-electron chi connectivity index (χ4n) is 2.20. The van der Waals surface area contributed by atoms with Gasteiger partial charge < -0.3 is 11.1 Å². The van der Waals surface area contributed by atoms with E-state index >= 15 is 0 Å². The SMILES string of the molecule is Cc1cc2c(NCC(N)CC(C)(C)C)ncnc2s1. The molecule has 19 heavy (non-hydrogen) atoms. The Hall–Kier alpha value is -1.20. The minimum absolute atomic E-state index is 0.129. The summed E-state index contributed by atoms with van der Waals surface area (Å²) in [6.45, 7) is 9.44. The Morgan fingerprint density at radius 3 is 2.79 bits per heavy atom. The monoisotopic (exact) mass is 278 g/mol. The van der Waals surface area contributed by atoms with Crippen molar-refractivity contribution < 1.29 is 0 Å². The fraction of sp³-hybridized carbons (Fsp3) is 0.571. The van der Waals surface area contributed by atoms with Crippen LogP contribution in [0.15, 0.2) is 12.4 Å². The van der Waals surface area contributed by atoms with E-state index in [0.29, 0.717) is 0 Å². The third kappa shape index (κ3) is 3.88. The van der Waals surface area contributed by atoms with Crippen molar-refractivity contribution in [1.29, 1.82) is 0 Å². The van der Waals surface area contributed by atoms with E-state index in [4.69, 9.17) is 5.73 Å². The van der Waals surface area contributed by atoms with E-state index in [0.717, 1.165) is 29.0 Å². The number of rotatable bonds is 4. The summed E-state index contributed by atoms with van der Waals surface area (Å²) in [4.78, 5) is 10.9. The second kappa shape index (κ2) is 5.43. The number of fused-ring (bicyclic) bond motifs is 1. The summed E-state index contributed by atoms with van der Waals surface area (Å²) in [5.74, 6) is 0.888. The Labute approximate surface area is 118 Å². The minimum atomic E-state index is 0.129. The zero-order valence-corrected chi connectivity index (χ0v) is 12.8. The molecule has 1 unspecified atom stereocenters. The molecule has 0 spiro atoms. The highest BCUT2D eigenvalue weighted by molar-refractivity contribution is 7.18. The van der Waals surface area contributed by atoms with E-state index in [9.17, 15) is 0 Å². The smallest absolute Gasteiger partial charge is 0.138 e. The summed E-state index contributed by atoms with van der Waals surface area (Å²) in [5, 5.41) is 4.44. The largest absolute Gasteiger partial charge is 0.368 e. The Morgan fingerprint density at radius 1 is 1.37 bits per heavy atom. The van der Waals surface area contributed by atoms with Crippen molar-refractivity contribution >= 4 is 27.4 Å². The van der Waals surface area contributed by atoms with E-state index in [1.165, 1.54) is 4.88 Å². The molecule has 1 atom stereocenters. The molecule has 3 N–H and O–H groups in total. The number of nitrogens with two attached hydrogens (primary N) is 1. The van der Waals surface area contributed by atoms with Crippen molar-refractivity contribution in [2.24, 2.45) is 11.1 Å². The Bertz CT molecular complexity index is 556. The van der Waals surface area contributed by atoms with E-state index < -0.39 is 0 Å². The normalized spacial score (nSPS) is 13.7. The molecular formula is C14H22N4S. The maximum absolute atomic E-state index is 6.15. The van der Waals surface area contributed by atoms with Gasteiger partial charge in [0.05, 0.1) is 5.39 Å². The molecule has 0 saturated heterocycles. The van der Waals surface area contributed by atoms with Crippen LogP contribution in [-0.2, 0) is 0 Å². The highest BCUT2D eigenvalue weighted by Gasteiger charge is 2.16. The third-order valence-corrected chi connectivity index (χ3v) is 3.82. The first-order chi connectivity index (χ1) is 8.85. The lowest BCUT2D eigenvalue weighted by atomic mass is 9.88. The van der Waals surface area contributed by atoms with Crippen molar-refractivity contribution in [3.8, 4) is 0 Å². The molecule has 2 heterocycles. The average Bonchev–Trinajstić information content (AvgIpc) is 2.64. The molecule has 0 bridgehead atoms. The fourth-order valence-corrected chi connectivity index (χ4v) is 3.05. The van der Waals surface area contributed by atoms with Crippen LogP contribution in [0.25, 0.3) is 10.2 Å². The van der Waals surface area contributed by atoms with Crippen molar-refractivity contribution in [3.05, 3.63) is 17.3 Å². The zero-order chi connectivity index (χ0) is 14.0. The van der Waals surface area contributed by atoms with E-state index in [-0.39, 0.29) is 11.5 Å². The summed E-state index contributed by atoms with van der Waals surface area (Å²) in [7, 11) is 0. The molecule has 2 rings (SSSR count). The Kier molecular flexibility index (Phi) is 4.06. The number of anilines is 1. The van der Waals surface area contributed by atoms with Gasteiger partial charge in [0.1, 0.15) is 17.0 Å². The summed E-state index contributed by atoms with van der Waals surface area (Å²) in [6.07, 6.45) is 2.59. The molecule has 0 aliphatic heterocycles. The number of aromatic nitrogens is 2. The van der Waals surface area contributed by atoms with Crippen LogP contribution < -0.4 is 11.1 Å². The van der Waals surface area contributed by atoms with Gasteiger partial charge in [-0.05, 0) is 24.8 Å². The van der Waals surface area contributed by atoms with Gasteiger partial charge in [-0.25, -0.2) is 9.97 Å². The lowest BCUT2D eigenvalue weighted by Gasteiger charge is -2.23. The molecule has 0 aromatic carbocycles. The van der Waals surface area contributed by atoms with Crippen molar-refractivity contribution in [3.63, 3.8) is 0 Å². The lowest BCUT2D eigenvalue weighted by Crippen LogP contribution is -2.33. The predicted molar refractivity (Wildman–Crippen MR) is 82.7 cm³/mol. The topological polar surface area (TPSA) is 63.8 Å². The van der Waals surface area contributed by atoms with Gasteiger partial charge in [-0.1, -0.05) is 20.8 Å². The molecular weight excluding hydrogens is 256 g/mol. The Morgan fingerprint density at radius 2 is 2.11 bits per heavy atom. The average molecular weight is 278 g/mol. The van der Waals surface area contributed by atoms with E-state index in [2.05, 4.69) is 49.0 Å². The molecule has 0 saturated carbocycles. The van der Waals surface area contributed by atoms with Crippen LogP contribution in [0.4, 0.5) is 5.82 Å². The second-order valence-corrected chi connectivity index (χ2v) is 7.44. The van der Waals surface area contributed by atoms with Crippen LogP contribution in [0.3, 0.4) is 0 Å². The Balaban J connectivity index is 2.05. The third-order valence-electron chi connectivity index (χ3n) is 2.86. The molecule has 2 aromatic heterocycles. The van der Waals surface area contributed by atoms with Crippen LogP contribution in [0, 0.1) is 12.3 Å². The summed E-state index contributed by atoms with van der Waals surface area (Å²) in [5.41, 5.74) is 6.40.